The normalized spacial score (nSPS) is 22.9. The van der Waals surface area contributed by atoms with Crippen molar-refractivity contribution in [3.8, 4) is 11.5 Å². The van der Waals surface area contributed by atoms with Gasteiger partial charge in [0.05, 0.1) is 4.90 Å². The van der Waals surface area contributed by atoms with Gasteiger partial charge in [-0.15, -0.1) is 0 Å². The molecule has 1 saturated heterocycles. The Morgan fingerprint density at radius 3 is 2.75 bits per heavy atom. The lowest BCUT2D eigenvalue weighted by molar-refractivity contribution is 0.171. The van der Waals surface area contributed by atoms with Crippen LogP contribution in [-0.2, 0) is 10.0 Å². The van der Waals surface area contributed by atoms with Crippen molar-refractivity contribution in [2.24, 2.45) is 0 Å². The monoisotopic (exact) mass is 297 g/mol. The molecule has 0 amide bonds. The zero-order chi connectivity index (χ0) is 14.2. The molecule has 2 aliphatic heterocycles. The third-order valence-corrected chi connectivity index (χ3v) is 5.86. The highest BCUT2D eigenvalue weighted by atomic mass is 32.2. The number of ether oxygens (including phenoxy) is 2. The Morgan fingerprint density at radius 2 is 2.00 bits per heavy atom. The van der Waals surface area contributed by atoms with E-state index in [-0.39, 0.29) is 6.04 Å². The predicted octanol–water partition coefficient (Wildman–Crippen LogP) is 2.02. The van der Waals surface area contributed by atoms with Gasteiger partial charge in [-0.3, -0.25) is 0 Å². The third kappa shape index (κ3) is 2.27. The highest BCUT2D eigenvalue weighted by Crippen LogP contribution is 2.35. The van der Waals surface area contributed by atoms with Crippen LogP contribution in [0.15, 0.2) is 23.1 Å². The summed E-state index contributed by atoms with van der Waals surface area (Å²) in [6.45, 7) is 3.60. The first-order valence-electron chi connectivity index (χ1n) is 7.04. The van der Waals surface area contributed by atoms with Gasteiger partial charge in [-0.1, -0.05) is 6.92 Å². The fourth-order valence-corrected chi connectivity index (χ4v) is 4.64. The summed E-state index contributed by atoms with van der Waals surface area (Å²) in [6, 6.07) is 4.98. The Balaban J connectivity index is 1.95. The molecule has 1 atom stereocenters. The maximum absolute atomic E-state index is 12.7. The Kier molecular flexibility index (Phi) is 3.60. The van der Waals surface area contributed by atoms with E-state index in [1.807, 2.05) is 6.92 Å². The lowest BCUT2D eigenvalue weighted by Crippen LogP contribution is -2.35. The third-order valence-electron chi connectivity index (χ3n) is 3.91. The fourth-order valence-electron chi connectivity index (χ4n) is 2.85. The number of fused-ring (bicyclic) bond motifs is 1. The van der Waals surface area contributed by atoms with Crippen LogP contribution in [0, 0.1) is 0 Å². The fraction of sp³-hybridized carbons (Fsp3) is 0.571. The molecule has 6 heteroatoms. The summed E-state index contributed by atoms with van der Waals surface area (Å²) in [6.07, 6.45) is 2.73. The number of nitrogens with zero attached hydrogens (tertiary/aromatic N) is 1. The summed E-state index contributed by atoms with van der Waals surface area (Å²) in [5.41, 5.74) is 0. The average Bonchev–Trinajstić information content (AvgIpc) is 2.96. The standard InChI is InChI=1S/C14H19NO4S/c1-2-11-4-3-7-15(11)20(16,17)12-5-6-13-14(10-12)19-9-8-18-13/h5-6,10-11H,2-4,7-9H2,1H3. The maximum atomic E-state index is 12.7. The molecular weight excluding hydrogens is 278 g/mol. The molecule has 5 nitrogen and oxygen atoms in total. The number of rotatable bonds is 3. The number of sulfonamides is 1. The zero-order valence-corrected chi connectivity index (χ0v) is 12.4. The van der Waals surface area contributed by atoms with Crippen LogP contribution in [0.3, 0.4) is 0 Å². The largest absolute Gasteiger partial charge is 0.486 e. The summed E-state index contributed by atoms with van der Waals surface area (Å²) >= 11 is 0. The molecule has 1 aromatic rings. The van der Waals surface area contributed by atoms with Gasteiger partial charge in [0.15, 0.2) is 11.5 Å². The SMILES string of the molecule is CCC1CCCN1S(=O)(=O)c1ccc2c(c1)OCCO2. The molecule has 0 bridgehead atoms. The van der Waals surface area contributed by atoms with Crippen molar-refractivity contribution < 1.29 is 17.9 Å². The minimum absolute atomic E-state index is 0.119. The molecule has 0 aliphatic carbocycles. The van der Waals surface area contributed by atoms with E-state index in [0.29, 0.717) is 36.2 Å². The molecule has 3 rings (SSSR count). The first kappa shape index (κ1) is 13.7. The van der Waals surface area contributed by atoms with E-state index >= 15 is 0 Å². The van der Waals surface area contributed by atoms with Crippen molar-refractivity contribution in [3.63, 3.8) is 0 Å². The summed E-state index contributed by atoms with van der Waals surface area (Å²) in [5, 5.41) is 0. The second-order valence-corrected chi connectivity index (χ2v) is 7.02. The molecule has 0 N–H and O–H groups in total. The lowest BCUT2D eigenvalue weighted by atomic mass is 10.2. The predicted molar refractivity (Wildman–Crippen MR) is 74.6 cm³/mol. The van der Waals surface area contributed by atoms with E-state index in [1.165, 1.54) is 0 Å². The Morgan fingerprint density at radius 1 is 1.25 bits per heavy atom. The van der Waals surface area contributed by atoms with Gasteiger partial charge in [-0.25, -0.2) is 8.42 Å². The number of hydrogen-bond acceptors (Lipinski definition) is 4. The second kappa shape index (κ2) is 5.26. The van der Waals surface area contributed by atoms with Crippen molar-refractivity contribution in [2.75, 3.05) is 19.8 Å². The molecule has 1 aromatic carbocycles. The first-order chi connectivity index (χ1) is 9.63. The van der Waals surface area contributed by atoms with Crippen molar-refractivity contribution in [1.82, 2.24) is 4.31 Å². The van der Waals surface area contributed by atoms with Crippen LogP contribution in [0.25, 0.3) is 0 Å². The number of benzene rings is 1. The van der Waals surface area contributed by atoms with E-state index in [0.717, 1.165) is 19.3 Å². The van der Waals surface area contributed by atoms with Gasteiger partial charge in [0.25, 0.3) is 0 Å². The molecule has 0 aromatic heterocycles. The van der Waals surface area contributed by atoms with Crippen molar-refractivity contribution in [3.05, 3.63) is 18.2 Å². The van der Waals surface area contributed by atoms with Gasteiger partial charge >= 0.3 is 0 Å². The summed E-state index contributed by atoms with van der Waals surface area (Å²) < 4.78 is 38.0. The van der Waals surface area contributed by atoms with E-state index in [9.17, 15) is 8.42 Å². The molecule has 110 valence electrons. The van der Waals surface area contributed by atoms with Crippen LogP contribution in [0.5, 0.6) is 11.5 Å². The molecule has 2 heterocycles. The smallest absolute Gasteiger partial charge is 0.243 e. The van der Waals surface area contributed by atoms with E-state index in [4.69, 9.17) is 9.47 Å². The van der Waals surface area contributed by atoms with Crippen LogP contribution in [0.4, 0.5) is 0 Å². The van der Waals surface area contributed by atoms with Gasteiger partial charge in [0, 0.05) is 18.7 Å². The highest BCUT2D eigenvalue weighted by Gasteiger charge is 2.34. The van der Waals surface area contributed by atoms with Crippen LogP contribution in [0.1, 0.15) is 26.2 Å². The topological polar surface area (TPSA) is 55.8 Å². The van der Waals surface area contributed by atoms with E-state index in [1.54, 1.807) is 22.5 Å². The summed E-state index contributed by atoms with van der Waals surface area (Å²) in [5.74, 6) is 1.13. The molecule has 0 saturated carbocycles. The zero-order valence-electron chi connectivity index (χ0n) is 11.5. The number of hydrogen-bond donors (Lipinski definition) is 0. The van der Waals surface area contributed by atoms with Crippen LogP contribution in [-0.4, -0.2) is 38.5 Å². The quantitative estimate of drug-likeness (QED) is 0.856. The molecule has 2 aliphatic rings. The van der Waals surface area contributed by atoms with Crippen LogP contribution in [0.2, 0.25) is 0 Å². The highest BCUT2D eigenvalue weighted by molar-refractivity contribution is 7.89. The molecule has 1 fully saturated rings. The van der Waals surface area contributed by atoms with Gasteiger partial charge in [0.2, 0.25) is 10.0 Å². The Hall–Kier alpha value is -1.27. The van der Waals surface area contributed by atoms with E-state index in [2.05, 4.69) is 0 Å². The van der Waals surface area contributed by atoms with Crippen LogP contribution < -0.4 is 9.47 Å². The van der Waals surface area contributed by atoms with Crippen molar-refractivity contribution >= 4 is 10.0 Å². The summed E-state index contributed by atoms with van der Waals surface area (Å²) in [4.78, 5) is 0.294. The van der Waals surface area contributed by atoms with E-state index < -0.39 is 10.0 Å². The average molecular weight is 297 g/mol. The first-order valence-corrected chi connectivity index (χ1v) is 8.48. The lowest BCUT2D eigenvalue weighted by Gasteiger charge is -2.24. The minimum Gasteiger partial charge on any atom is -0.486 e. The van der Waals surface area contributed by atoms with Gasteiger partial charge in [0.1, 0.15) is 13.2 Å². The molecule has 0 radical (unpaired) electrons. The second-order valence-electron chi connectivity index (χ2n) is 5.13. The Bertz CT molecular complexity index is 599. The van der Waals surface area contributed by atoms with Crippen molar-refractivity contribution in [1.29, 1.82) is 0 Å². The molecular formula is C14H19NO4S. The molecule has 20 heavy (non-hydrogen) atoms. The van der Waals surface area contributed by atoms with Crippen molar-refractivity contribution in [2.45, 2.75) is 37.1 Å². The molecule has 1 unspecified atom stereocenters. The van der Waals surface area contributed by atoms with Crippen LogP contribution >= 0.6 is 0 Å². The van der Waals surface area contributed by atoms with Gasteiger partial charge in [-0.05, 0) is 31.4 Å². The summed E-state index contributed by atoms with van der Waals surface area (Å²) in [7, 11) is -3.44. The Labute approximate surface area is 119 Å². The van der Waals surface area contributed by atoms with Gasteiger partial charge in [-0.2, -0.15) is 4.31 Å². The molecule has 0 spiro atoms. The maximum Gasteiger partial charge on any atom is 0.243 e. The minimum atomic E-state index is -3.44. The van der Waals surface area contributed by atoms with Gasteiger partial charge < -0.3 is 9.47 Å².